The van der Waals surface area contributed by atoms with Crippen molar-refractivity contribution in [2.24, 2.45) is 0 Å². The SMILES string of the molecule is CC1(C)c2ccccc2-c2cc3c(cc21)CC(c1ccc2sc4ccc(-c5nc(-c6ccccc6)nc(-c6cccc7oc8ccccc8c67)n5)cc4c2c1)c1ccccc1-3. The van der Waals surface area contributed by atoms with Crippen LogP contribution in [-0.2, 0) is 11.8 Å². The van der Waals surface area contributed by atoms with E-state index in [1.807, 2.05) is 59.9 Å². The molecule has 0 amide bonds. The molecule has 288 valence electrons. The van der Waals surface area contributed by atoms with Gasteiger partial charge in [-0.2, -0.15) is 0 Å². The molecule has 5 heteroatoms. The Bertz CT molecular complexity index is 3620. The zero-order chi connectivity index (χ0) is 40.4. The monoisotopic (exact) mass is 799 g/mol. The van der Waals surface area contributed by atoms with Gasteiger partial charge in [-0.1, -0.05) is 135 Å². The molecular weight excluding hydrogens is 763 g/mol. The molecule has 0 spiro atoms. The molecular formula is C56H37N3OS. The summed E-state index contributed by atoms with van der Waals surface area (Å²) in [7, 11) is 0. The van der Waals surface area contributed by atoms with Crippen molar-refractivity contribution in [2.45, 2.75) is 31.6 Å². The number of hydrogen-bond donors (Lipinski definition) is 0. The van der Waals surface area contributed by atoms with E-state index < -0.39 is 0 Å². The molecule has 3 aromatic heterocycles. The normalized spacial score (nSPS) is 15.0. The van der Waals surface area contributed by atoms with Crippen LogP contribution in [0.5, 0.6) is 0 Å². The molecule has 0 aliphatic heterocycles. The lowest BCUT2D eigenvalue weighted by Crippen LogP contribution is -2.17. The number of furan rings is 1. The fraction of sp³-hybridized carbons (Fsp3) is 0.0893. The highest BCUT2D eigenvalue weighted by Gasteiger charge is 2.37. The Hall–Kier alpha value is -7.21. The highest BCUT2D eigenvalue weighted by molar-refractivity contribution is 7.25. The van der Waals surface area contributed by atoms with Gasteiger partial charge in [0.2, 0.25) is 0 Å². The van der Waals surface area contributed by atoms with Crippen LogP contribution in [0.15, 0.2) is 174 Å². The van der Waals surface area contributed by atoms with Crippen molar-refractivity contribution in [3.05, 3.63) is 198 Å². The highest BCUT2D eigenvalue weighted by atomic mass is 32.1. The minimum atomic E-state index is -0.0399. The average Bonchev–Trinajstić information content (AvgIpc) is 3.95. The van der Waals surface area contributed by atoms with Crippen molar-refractivity contribution in [2.75, 3.05) is 0 Å². The first-order chi connectivity index (χ1) is 30.0. The molecule has 1 atom stereocenters. The molecule has 0 bridgehead atoms. The Balaban J connectivity index is 0.946. The second kappa shape index (κ2) is 12.9. The summed E-state index contributed by atoms with van der Waals surface area (Å²) in [6.45, 7) is 4.76. The predicted octanol–water partition coefficient (Wildman–Crippen LogP) is 14.8. The van der Waals surface area contributed by atoms with E-state index in [9.17, 15) is 0 Å². The quantitative estimate of drug-likeness (QED) is 0.178. The molecule has 2 aliphatic carbocycles. The largest absolute Gasteiger partial charge is 0.456 e. The lowest BCUT2D eigenvalue weighted by Gasteiger charge is -2.30. The van der Waals surface area contributed by atoms with Gasteiger partial charge in [0.15, 0.2) is 17.5 Å². The third-order valence-electron chi connectivity index (χ3n) is 13.3. The second-order valence-corrected chi connectivity index (χ2v) is 18.2. The first-order valence-corrected chi connectivity index (χ1v) is 21.8. The average molecular weight is 800 g/mol. The van der Waals surface area contributed by atoms with Crippen molar-refractivity contribution < 1.29 is 4.42 Å². The van der Waals surface area contributed by atoms with Gasteiger partial charge in [-0.3, -0.25) is 0 Å². The Morgan fingerprint density at radius 2 is 1.18 bits per heavy atom. The standard InChI is InChI=1S/C56H37N3OS/c1-56(2)46-20-10-8-17-38(46)43-31-42-35(30-47(43)56)29-41(36-15-6-7-16-37(36)42)33-23-25-50-44(27-33)45-28-34(24-26-51(45)61-50)54-57-53(32-13-4-3-5-14-32)58-55(59-54)40-19-12-22-49-52(40)39-18-9-11-21-48(39)60-49/h3-28,30-31,41H,29H2,1-2H3. The number of para-hydroxylation sites is 1. The maximum atomic E-state index is 6.28. The molecule has 8 aromatic carbocycles. The fourth-order valence-electron chi connectivity index (χ4n) is 10.3. The van der Waals surface area contributed by atoms with Crippen LogP contribution in [0.1, 0.15) is 47.6 Å². The van der Waals surface area contributed by atoms with Crippen LogP contribution in [-0.4, -0.2) is 15.0 Å². The molecule has 0 radical (unpaired) electrons. The van der Waals surface area contributed by atoms with E-state index in [1.54, 1.807) is 0 Å². The smallest absolute Gasteiger partial charge is 0.164 e. The Morgan fingerprint density at radius 1 is 0.492 bits per heavy atom. The van der Waals surface area contributed by atoms with E-state index in [0.717, 1.165) is 45.0 Å². The summed E-state index contributed by atoms with van der Waals surface area (Å²) in [5.41, 5.74) is 16.9. The molecule has 0 saturated carbocycles. The van der Waals surface area contributed by atoms with Crippen LogP contribution in [0.3, 0.4) is 0 Å². The van der Waals surface area contributed by atoms with Crippen molar-refractivity contribution in [3.8, 4) is 56.4 Å². The molecule has 13 rings (SSSR count). The van der Waals surface area contributed by atoms with Crippen LogP contribution in [0.4, 0.5) is 0 Å². The Kier molecular flexibility index (Phi) is 7.32. The van der Waals surface area contributed by atoms with Gasteiger partial charge >= 0.3 is 0 Å². The van der Waals surface area contributed by atoms with Gasteiger partial charge in [-0.05, 0) is 105 Å². The zero-order valence-corrected chi connectivity index (χ0v) is 34.4. The Morgan fingerprint density at radius 3 is 2.07 bits per heavy atom. The van der Waals surface area contributed by atoms with E-state index in [1.165, 1.54) is 70.2 Å². The summed E-state index contributed by atoms with van der Waals surface area (Å²) >= 11 is 1.84. The van der Waals surface area contributed by atoms with E-state index in [0.29, 0.717) is 17.5 Å². The van der Waals surface area contributed by atoms with Gasteiger partial charge in [0.25, 0.3) is 0 Å². The molecule has 0 saturated heterocycles. The van der Waals surface area contributed by atoms with Crippen molar-refractivity contribution in [1.29, 1.82) is 0 Å². The van der Waals surface area contributed by atoms with Gasteiger partial charge in [-0.15, -0.1) is 11.3 Å². The third-order valence-corrected chi connectivity index (χ3v) is 14.5. The summed E-state index contributed by atoms with van der Waals surface area (Å²) in [4.78, 5) is 15.5. The molecule has 61 heavy (non-hydrogen) atoms. The number of hydrogen-bond acceptors (Lipinski definition) is 5. The number of thiophene rings is 1. The molecule has 3 heterocycles. The molecule has 0 N–H and O–H groups in total. The van der Waals surface area contributed by atoms with E-state index in [4.69, 9.17) is 19.4 Å². The third kappa shape index (κ3) is 5.20. The second-order valence-electron chi connectivity index (χ2n) is 17.1. The molecule has 11 aromatic rings. The summed E-state index contributed by atoms with van der Waals surface area (Å²) in [5, 5.41) is 4.53. The minimum absolute atomic E-state index is 0.0399. The van der Waals surface area contributed by atoms with Crippen LogP contribution in [0.25, 0.3) is 98.5 Å². The molecule has 4 nitrogen and oxygen atoms in total. The molecule has 1 unspecified atom stereocenters. The summed E-state index contributed by atoms with van der Waals surface area (Å²) in [5.74, 6) is 2.13. The highest BCUT2D eigenvalue weighted by Crippen LogP contribution is 2.53. The van der Waals surface area contributed by atoms with Crippen LogP contribution in [0.2, 0.25) is 0 Å². The van der Waals surface area contributed by atoms with E-state index in [-0.39, 0.29) is 11.3 Å². The van der Waals surface area contributed by atoms with Crippen LogP contribution >= 0.6 is 11.3 Å². The van der Waals surface area contributed by atoms with Gasteiger partial charge in [0, 0.05) is 59.0 Å². The maximum absolute atomic E-state index is 6.28. The maximum Gasteiger partial charge on any atom is 0.164 e. The van der Waals surface area contributed by atoms with Crippen molar-refractivity contribution >= 4 is 53.4 Å². The summed E-state index contributed by atoms with van der Waals surface area (Å²) in [6.07, 6.45) is 0.958. The Labute approximate surface area is 356 Å². The summed E-state index contributed by atoms with van der Waals surface area (Å²) < 4.78 is 8.80. The van der Waals surface area contributed by atoms with Gasteiger partial charge in [-0.25, -0.2) is 15.0 Å². The van der Waals surface area contributed by atoms with Crippen LogP contribution < -0.4 is 0 Å². The van der Waals surface area contributed by atoms with Gasteiger partial charge in [0.1, 0.15) is 11.2 Å². The molecule has 2 aliphatic rings. The van der Waals surface area contributed by atoms with E-state index in [2.05, 4.69) is 135 Å². The predicted molar refractivity (Wildman–Crippen MR) is 251 cm³/mol. The number of fused-ring (bicyclic) bond motifs is 12. The first-order valence-electron chi connectivity index (χ1n) is 21.0. The van der Waals surface area contributed by atoms with Gasteiger partial charge < -0.3 is 4.42 Å². The van der Waals surface area contributed by atoms with E-state index >= 15 is 0 Å². The number of nitrogens with zero attached hydrogens (tertiary/aromatic N) is 3. The lowest BCUT2D eigenvalue weighted by atomic mass is 9.73. The van der Waals surface area contributed by atoms with Crippen molar-refractivity contribution in [3.63, 3.8) is 0 Å². The lowest BCUT2D eigenvalue weighted by molar-refractivity contribution is 0.658. The first kappa shape index (κ1) is 34.6. The molecule has 0 fully saturated rings. The van der Waals surface area contributed by atoms with Crippen LogP contribution in [0, 0.1) is 0 Å². The van der Waals surface area contributed by atoms with Crippen molar-refractivity contribution in [1.82, 2.24) is 15.0 Å². The number of rotatable bonds is 4. The zero-order valence-electron chi connectivity index (χ0n) is 33.6. The number of aromatic nitrogens is 3. The van der Waals surface area contributed by atoms with Gasteiger partial charge in [0.05, 0.1) is 0 Å². The topological polar surface area (TPSA) is 51.8 Å². The number of benzene rings is 8. The fourth-order valence-corrected chi connectivity index (χ4v) is 11.4. The minimum Gasteiger partial charge on any atom is -0.456 e. The summed E-state index contributed by atoms with van der Waals surface area (Å²) in [6, 6.07) is 61.3.